The van der Waals surface area contributed by atoms with Gasteiger partial charge in [-0.2, -0.15) is 0 Å². The van der Waals surface area contributed by atoms with Gasteiger partial charge in [-0.3, -0.25) is 19.1 Å². The fourth-order valence-electron chi connectivity index (χ4n) is 3.46. The highest BCUT2D eigenvalue weighted by atomic mass is 35.5. The predicted octanol–water partition coefficient (Wildman–Crippen LogP) is 4.96. The topological polar surface area (TPSA) is 51.5 Å². The maximum Gasteiger partial charge on any atom is 0.308 e. The summed E-state index contributed by atoms with van der Waals surface area (Å²) in [7, 11) is 3.26. The van der Waals surface area contributed by atoms with Crippen molar-refractivity contribution in [2.24, 2.45) is 7.05 Å². The van der Waals surface area contributed by atoms with Gasteiger partial charge in [0.25, 0.3) is 0 Å². The predicted molar refractivity (Wildman–Crippen MR) is 113 cm³/mol. The summed E-state index contributed by atoms with van der Waals surface area (Å²) in [5, 5.41) is 1.01. The number of aromatic nitrogens is 1. The van der Waals surface area contributed by atoms with Crippen LogP contribution in [-0.4, -0.2) is 17.6 Å². The van der Waals surface area contributed by atoms with Crippen LogP contribution in [0.25, 0.3) is 0 Å². The molecule has 0 saturated carbocycles. The van der Waals surface area contributed by atoms with Crippen LogP contribution in [0.5, 0.6) is 5.75 Å². The van der Waals surface area contributed by atoms with Crippen molar-refractivity contribution < 1.29 is 9.53 Å². The molecule has 1 aliphatic rings. The summed E-state index contributed by atoms with van der Waals surface area (Å²) in [6, 6.07) is 12.4. The van der Waals surface area contributed by atoms with E-state index in [1.165, 1.54) is 4.57 Å². The maximum atomic E-state index is 13.2. The van der Waals surface area contributed by atoms with E-state index < -0.39 is 0 Å². The van der Waals surface area contributed by atoms with E-state index in [1.807, 2.05) is 6.07 Å². The van der Waals surface area contributed by atoms with Gasteiger partial charge in [0.15, 0.2) is 0 Å². The van der Waals surface area contributed by atoms with Crippen LogP contribution >= 0.6 is 34.5 Å². The summed E-state index contributed by atoms with van der Waals surface area (Å²) in [5.74, 6) is 0.869. The first-order valence-corrected chi connectivity index (χ1v) is 10.1. The highest BCUT2D eigenvalue weighted by molar-refractivity contribution is 7.10. The monoisotopic (exact) mass is 434 g/mol. The third-order valence-electron chi connectivity index (χ3n) is 4.83. The lowest BCUT2D eigenvalue weighted by Crippen LogP contribution is -2.34. The molecule has 1 atom stereocenters. The number of fused-ring (bicyclic) bond motifs is 1. The first-order valence-electron chi connectivity index (χ1n) is 8.52. The molecular weight excluding hydrogens is 419 g/mol. The molecule has 1 amide bonds. The van der Waals surface area contributed by atoms with Gasteiger partial charge in [0.05, 0.1) is 17.7 Å². The summed E-state index contributed by atoms with van der Waals surface area (Å²) in [6.45, 7) is 0. The molecule has 4 rings (SSSR count). The minimum atomic E-state index is -0.291. The Balaban J connectivity index is 1.87. The number of hydrogen-bond donors (Lipinski definition) is 0. The molecule has 0 spiro atoms. The molecule has 0 N–H and O–H groups in total. The number of thiazole rings is 1. The third kappa shape index (κ3) is 3.11. The van der Waals surface area contributed by atoms with Gasteiger partial charge in [0.1, 0.15) is 11.6 Å². The SMILES string of the molecule is COc1ccc(N2C(=O)C[C@@H](c3ccc(Cl)cc3Cl)c3sc(=O)n(C)c32)cc1. The van der Waals surface area contributed by atoms with Crippen LogP contribution in [-0.2, 0) is 11.8 Å². The molecule has 144 valence electrons. The Morgan fingerprint density at radius 1 is 1.11 bits per heavy atom. The van der Waals surface area contributed by atoms with Gasteiger partial charge in [0, 0.05) is 29.4 Å². The number of ether oxygens (including phenoxy) is 1. The van der Waals surface area contributed by atoms with Gasteiger partial charge < -0.3 is 4.74 Å². The minimum Gasteiger partial charge on any atom is -0.497 e. The van der Waals surface area contributed by atoms with E-state index in [1.54, 1.807) is 55.5 Å². The molecule has 0 radical (unpaired) electrons. The summed E-state index contributed by atoms with van der Waals surface area (Å²) < 4.78 is 6.71. The number of carbonyl (C=O) groups excluding carboxylic acids is 1. The number of anilines is 2. The smallest absolute Gasteiger partial charge is 0.308 e. The van der Waals surface area contributed by atoms with Crippen LogP contribution in [0.2, 0.25) is 10.0 Å². The van der Waals surface area contributed by atoms with Crippen molar-refractivity contribution in [2.45, 2.75) is 12.3 Å². The Labute approximate surface area is 175 Å². The summed E-state index contributed by atoms with van der Waals surface area (Å²) in [6.07, 6.45) is 0.209. The second-order valence-electron chi connectivity index (χ2n) is 6.46. The van der Waals surface area contributed by atoms with E-state index in [2.05, 4.69) is 0 Å². The Bertz CT molecular complexity index is 1120. The van der Waals surface area contributed by atoms with Crippen LogP contribution in [0.3, 0.4) is 0 Å². The molecule has 28 heavy (non-hydrogen) atoms. The van der Waals surface area contributed by atoms with Crippen molar-refractivity contribution in [1.29, 1.82) is 0 Å². The molecule has 0 bridgehead atoms. The maximum absolute atomic E-state index is 13.2. The second kappa shape index (κ2) is 7.28. The number of halogens is 2. The molecule has 0 aliphatic carbocycles. The average molecular weight is 435 g/mol. The molecule has 0 fully saturated rings. The highest BCUT2D eigenvalue weighted by Gasteiger charge is 2.38. The number of hydrogen-bond acceptors (Lipinski definition) is 4. The van der Waals surface area contributed by atoms with Crippen molar-refractivity contribution >= 4 is 52.0 Å². The number of rotatable bonds is 3. The normalized spacial score (nSPS) is 16.2. The molecule has 8 heteroatoms. The average Bonchev–Trinajstić information content (AvgIpc) is 2.97. The van der Waals surface area contributed by atoms with Crippen LogP contribution in [0, 0.1) is 0 Å². The zero-order valence-electron chi connectivity index (χ0n) is 15.1. The van der Waals surface area contributed by atoms with Crippen molar-refractivity contribution in [2.75, 3.05) is 12.0 Å². The molecule has 0 saturated heterocycles. The number of nitrogens with zero attached hydrogens (tertiary/aromatic N) is 2. The van der Waals surface area contributed by atoms with Gasteiger partial charge in [-0.05, 0) is 42.0 Å². The fourth-order valence-corrected chi connectivity index (χ4v) is 5.08. The van der Waals surface area contributed by atoms with Crippen LogP contribution in [0.4, 0.5) is 11.5 Å². The fraction of sp³-hybridized carbons (Fsp3) is 0.200. The zero-order valence-corrected chi connectivity index (χ0v) is 17.4. The molecule has 0 unspecified atom stereocenters. The summed E-state index contributed by atoms with van der Waals surface area (Å²) in [4.78, 5) is 27.9. The van der Waals surface area contributed by atoms with Crippen molar-refractivity contribution in [3.05, 3.63) is 72.6 Å². The Kier molecular flexibility index (Phi) is 4.95. The molecule has 2 aromatic carbocycles. The van der Waals surface area contributed by atoms with Crippen LogP contribution in [0.1, 0.15) is 22.8 Å². The van der Waals surface area contributed by atoms with Gasteiger partial charge in [0.2, 0.25) is 5.91 Å². The molecule has 3 aromatic rings. The molecule has 2 heterocycles. The standard InChI is InChI=1S/C20H16Cl2N2O3S/c1-23-19-18(28-20(23)26)15(14-8-3-11(21)9-16(14)22)10-17(25)24(19)12-4-6-13(27-2)7-5-12/h3-9,15H,10H2,1-2H3/t15-/m0/s1. The first kappa shape index (κ1) is 19.1. The number of methoxy groups -OCH3 is 1. The lowest BCUT2D eigenvalue weighted by atomic mass is 9.90. The zero-order chi connectivity index (χ0) is 20.0. The van der Waals surface area contributed by atoms with Gasteiger partial charge >= 0.3 is 4.87 Å². The summed E-state index contributed by atoms with van der Waals surface area (Å²) >= 11 is 13.6. The Morgan fingerprint density at radius 3 is 2.46 bits per heavy atom. The minimum absolute atomic E-state index is 0.109. The van der Waals surface area contributed by atoms with E-state index in [9.17, 15) is 9.59 Å². The first-order chi connectivity index (χ1) is 13.4. The summed E-state index contributed by atoms with van der Waals surface area (Å²) in [5.41, 5.74) is 1.47. The highest BCUT2D eigenvalue weighted by Crippen LogP contribution is 2.46. The van der Waals surface area contributed by atoms with Gasteiger partial charge in [-0.1, -0.05) is 40.6 Å². The lowest BCUT2D eigenvalue weighted by molar-refractivity contribution is -0.118. The van der Waals surface area contributed by atoms with Crippen molar-refractivity contribution in [1.82, 2.24) is 4.57 Å². The van der Waals surface area contributed by atoms with E-state index >= 15 is 0 Å². The van der Waals surface area contributed by atoms with E-state index in [0.29, 0.717) is 27.3 Å². The Morgan fingerprint density at radius 2 is 1.82 bits per heavy atom. The van der Waals surface area contributed by atoms with Gasteiger partial charge in [-0.25, -0.2) is 0 Å². The van der Waals surface area contributed by atoms with Gasteiger partial charge in [-0.15, -0.1) is 0 Å². The van der Waals surface area contributed by atoms with E-state index in [0.717, 1.165) is 21.8 Å². The molecule has 1 aliphatic heterocycles. The number of amides is 1. The molecule has 1 aromatic heterocycles. The second-order valence-corrected chi connectivity index (χ2v) is 8.30. The quantitative estimate of drug-likeness (QED) is 0.584. The van der Waals surface area contributed by atoms with Crippen molar-refractivity contribution in [3.8, 4) is 5.75 Å². The Hall–Kier alpha value is -2.28. The van der Waals surface area contributed by atoms with E-state index in [-0.39, 0.29) is 23.1 Å². The third-order valence-corrected chi connectivity index (χ3v) is 6.53. The van der Waals surface area contributed by atoms with Crippen LogP contribution in [0.15, 0.2) is 47.3 Å². The molecule has 5 nitrogen and oxygen atoms in total. The lowest BCUT2D eigenvalue weighted by Gasteiger charge is -2.32. The van der Waals surface area contributed by atoms with Crippen molar-refractivity contribution in [3.63, 3.8) is 0 Å². The van der Waals surface area contributed by atoms with Crippen LogP contribution < -0.4 is 14.5 Å². The number of carbonyl (C=O) groups is 1. The largest absolute Gasteiger partial charge is 0.497 e. The molecular formula is C20H16Cl2N2O3S. The number of benzene rings is 2. The van der Waals surface area contributed by atoms with E-state index in [4.69, 9.17) is 27.9 Å².